The summed E-state index contributed by atoms with van der Waals surface area (Å²) in [6, 6.07) is 6.33. The van der Waals surface area contributed by atoms with E-state index in [2.05, 4.69) is 15.5 Å². The number of carboxylic acid groups (broad SMARTS) is 1. The van der Waals surface area contributed by atoms with Crippen molar-refractivity contribution in [2.24, 2.45) is 0 Å². The van der Waals surface area contributed by atoms with Crippen molar-refractivity contribution >= 4 is 29.3 Å². The van der Waals surface area contributed by atoms with Crippen LogP contribution in [0.25, 0.3) is 0 Å². The zero-order chi connectivity index (χ0) is 15.6. The van der Waals surface area contributed by atoms with Gasteiger partial charge in [0, 0.05) is 0 Å². The molecule has 0 aliphatic heterocycles. The molecule has 0 unspecified atom stereocenters. The number of rotatable bonds is 3. The molecule has 0 spiro atoms. The normalized spacial score (nSPS) is 10.2. The molecule has 1 heterocycles. The molecule has 0 aliphatic carbocycles. The molecule has 2 aromatic rings. The van der Waals surface area contributed by atoms with E-state index in [1.54, 1.807) is 26.0 Å². The minimum Gasteiger partial charge on any atom is -0.478 e. The quantitative estimate of drug-likeness (QED) is 0.909. The van der Waals surface area contributed by atoms with Crippen molar-refractivity contribution in [1.29, 1.82) is 0 Å². The summed E-state index contributed by atoms with van der Waals surface area (Å²) in [5.74, 6) is -1.50. The number of benzene rings is 1. The molecule has 0 fully saturated rings. The first-order chi connectivity index (χ1) is 9.90. The second kappa shape index (κ2) is 5.88. The van der Waals surface area contributed by atoms with Crippen molar-refractivity contribution in [2.45, 2.75) is 13.8 Å². The number of aromatic carboxylic acids is 1. The molecule has 0 atom stereocenters. The molecular weight excluding hydrogens is 294 g/mol. The van der Waals surface area contributed by atoms with Crippen LogP contribution in [0.2, 0.25) is 5.15 Å². The molecule has 0 saturated carbocycles. The fourth-order valence-corrected chi connectivity index (χ4v) is 2.04. The SMILES string of the molecule is Cc1ccc(C)c(C(=O)Nc2ccc(Cl)nn2)c1C(=O)O. The first-order valence-corrected chi connectivity index (χ1v) is 6.42. The van der Waals surface area contributed by atoms with E-state index in [9.17, 15) is 14.7 Å². The third-order valence-corrected chi connectivity index (χ3v) is 3.14. The topological polar surface area (TPSA) is 92.2 Å². The number of hydrogen-bond acceptors (Lipinski definition) is 4. The van der Waals surface area contributed by atoms with Crippen LogP contribution < -0.4 is 5.32 Å². The number of carbonyl (C=O) groups excluding carboxylic acids is 1. The zero-order valence-corrected chi connectivity index (χ0v) is 12.1. The summed E-state index contributed by atoms with van der Waals surface area (Å²) in [5.41, 5.74) is 1.17. The van der Waals surface area contributed by atoms with Gasteiger partial charge >= 0.3 is 5.97 Å². The van der Waals surface area contributed by atoms with Crippen molar-refractivity contribution in [2.75, 3.05) is 5.32 Å². The molecule has 1 aromatic carbocycles. The Bertz CT molecular complexity index is 714. The van der Waals surface area contributed by atoms with Gasteiger partial charge in [0.25, 0.3) is 5.91 Å². The molecule has 1 amide bonds. The average Bonchev–Trinajstić information content (AvgIpc) is 2.43. The molecule has 2 N–H and O–H groups in total. The first-order valence-electron chi connectivity index (χ1n) is 6.04. The number of amides is 1. The van der Waals surface area contributed by atoms with E-state index in [0.717, 1.165) is 0 Å². The number of carboxylic acids is 1. The van der Waals surface area contributed by atoms with Crippen LogP contribution in [0.1, 0.15) is 31.8 Å². The second-order valence-corrected chi connectivity index (χ2v) is 4.84. The Morgan fingerprint density at radius 1 is 1.05 bits per heavy atom. The Kier molecular flexibility index (Phi) is 4.18. The number of carbonyl (C=O) groups is 2. The van der Waals surface area contributed by atoms with Gasteiger partial charge in [0.2, 0.25) is 0 Å². The Balaban J connectivity index is 2.41. The molecule has 108 valence electrons. The van der Waals surface area contributed by atoms with Gasteiger partial charge in [-0.3, -0.25) is 4.79 Å². The standard InChI is InChI=1S/C14H12ClN3O3/c1-7-3-4-8(2)12(14(20)21)11(7)13(19)16-10-6-5-9(15)17-18-10/h3-6H,1-2H3,(H,20,21)(H,16,18,19). The predicted octanol–water partition coefficient (Wildman–Crippen LogP) is 2.70. The Morgan fingerprint density at radius 2 is 1.67 bits per heavy atom. The van der Waals surface area contributed by atoms with Gasteiger partial charge < -0.3 is 10.4 Å². The molecule has 1 aromatic heterocycles. The maximum Gasteiger partial charge on any atom is 0.336 e. The van der Waals surface area contributed by atoms with Crippen LogP contribution in [0.4, 0.5) is 5.82 Å². The third-order valence-electron chi connectivity index (χ3n) is 2.94. The highest BCUT2D eigenvalue weighted by atomic mass is 35.5. The smallest absolute Gasteiger partial charge is 0.336 e. The molecular formula is C14H12ClN3O3. The van der Waals surface area contributed by atoms with Gasteiger partial charge in [0.15, 0.2) is 11.0 Å². The molecule has 0 radical (unpaired) electrons. The molecule has 21 heavy (non-hydrogen) atoms. The summed E-state index contributed by atoms with van der Waals surface area (Å²) in [4.78, 5) is 23.7. The van der Waals surface area contributed by atoms with Crippen molar-refractivity contribution in [3.63, 3.8) is 0 Å². The van der Waals surface area contributed by atoms with Crippen molar-refractivity contribution < 1.29 is 14.7 Å². The molecule has 7 heteroatoms. The number of halogens is 1. The van der Waals surface area contributed by atoms with Crippen molar-refractivity contribution in [3.8, 4) is 0 Å². The predicted molar refractivity (Wildman–Crippen MR) is 77.9 cm³/mol. The van der Waals surface area contributed by atoms with Gasteiger partial charge in [-0.15, -0.1) is 10.2 Å². The highest BCUT2D eigenvalue weighted by molar-refractivity contribution is 6.29. The minimum atomic E-state index is -1.15. The van der Waals surface area contributed by atoms with E-state index in [-0.39, 0.29) is 22.1 Å². The summed E-state index contributed by atoms with van der Waals surface area (Å²) >= 11 is 5.61. The summed E-state index contributed by atoms with van der Waals surface area (Å²) < 4.78 is 0. The van der Waals surface area contributed by atoms with Gasteiger partial charge in [0.1, 0.15) is 0 Å². The number of nitrogens with one attached hydrogen (secondary N) is 1. The zero-order valence-electron chi connectivity index (χ0n) is 11.3. The highest BCUT2D eigenvalue weighted by Gasteiger charge is 2.21. The summed E-state index contributed by atoms with van der Waals surface area (Å²) in [6.07, 6.45) is 0. The number of aryl methyl sites for hydroxylation is 2. The first kappa shape index (κ1) is 14.9. The molecule has 0 saturated heterocycles. The second-order valence-electron chi connectivity index (χ2n) is 4.45. The summed E-state index contributed by atoms with van der Waals surface area (Å²) in [7, 11) is 0. The lowest BCUT2D eigenvalue weighted by Crippen LogP contribution is -2.19. The van der Waals surface area contributed by atoms with E-state index in [1.807, 2.05) is 0 Å². The van der Waals surface area contributed by atoms with E-state index < -0.39 is 11.9 Å². The number of anilines is 1. The van der Waals surface area contributed by atoms with Crippen LogP contribution in [-0.4, -0.2) is 27.2 Å². The van der Waals surface area contributed by atoms with E-state index in [4.69, 9.17) is 11.6 Å². The third kappa shape index (κ3) is 3.17. The van der Waals surface area contributed by atoms with Crippen LogP contribution in [0.3, 0.4) is 0 Å². The fourth-order valence-electron chi connectivity index (χ4n) is 1.94. The van der Waals surface area contributed by atoms with Crippen molar-refractivity contribution in [1.82, 2.24) is 10.2 Å². The molecule has 6 nitrogen and oxygen atoms in total. The van der Waals surface area contributed by atoms with E-state index >= 15 is 0 Å². The van der Waals surface area contributed by atoms with Crippen LogP contribution in [0, 0.1) is 13.8 Å². The van der Waals surface area contributed by atoms with Gasteiger partial charge in [-0.05, 0) is 37.1 Å². The Morgan fingerprint density at radius 3 is 2.19 bits per heavy atom. The van der Waals surface area contributed by atoms with Gasteiger partial charge in [-0.2, -0.15) is 0 Å². The van der Waals surface area contributed by atoms with Crippen LogP contribution in [0.15, 0.2) is 24.3 Å². The lowest BCUT2D eigenvalue weighted by atomic mass is 9.96. The number of aromatic nitrogens is 2. The van der Waals surface area contributed by atoms with Crippen molar-refractivity contribution in [3.05, 3.63) is 51.7 Å². The molecule has 0 bridgehead atoms. The Hall–Kier alpha value is -2.47. The minimum absolute atomic E-state index is 0.0191. The largest absolute Gasteiger partial charge is 0.478 e. The summed E-state index contributed by atoms with van der Waals surface area (Å²) in [6.45, 7) is 3.32. The van der Waals surface area contributed by atoms with E-state index in [0.29, 0.717) is 11.1 Å². The average molecular weight is 306 g/mol. The van der Waals surface area contributed by atoms with E-state index in [1.165, 1.54) is 12.1 Å². The number of hydrogen-bond donors (Lipinski definition) is 2. The number of nitrogens with zero attached hydrogens (tertiary/aromatic N) is 2. The highest BCUT2D eigenvalue weighted by Crippen LogP contribution is 2.20. The fraction of sp³-hybridized carbons (Fsp3) is 0.143. The molecule has 0 aliphatic rings. The molecule has 2 rings (SSSR count). The lowest BCUT2D eigenvalue weighted by molar-refractivity contribution is 0.0691. The van der Waals surface area contributed by atoms with Gasteiger partial charge in [-0.25, -0.2) is 4.79 Å². The Labute approximate surface area is 125 Å². The maximum absolute atomic E-state index is 12.3. The summed E-state index contributed by atoms with van der Waals surface area (Å²) in [5, 5.41) is 19.3. The lowest BCUT2D eigenvalue weighted by Gasteiger charge is -2.12. The van der Waals surface area contributed by atoms with Crippen LogP contribution in [0.5, 0.6) is 0 Å². The maximum atomic E-state index is 12.3. The van der Waals surface area contributed by atoms with Gasteiger partial charge in [0.05, 0.1) is 11.1 Å². The van der Waals surface area contributed by atoms with Gasteiger partial charge in [-0.1, -0.05) is 23.7 Å². The van der Waals surface area contributed by atoms with Crippen LogP contribution in [-0.2, 0) is 0 Å². The monoisotopic (exact) mass is 305 g/mol. The van der Waals surface area contributed by atoms with Crippen LogP contribution >= 0.6 is 11.6 Å².